The van der Waals surface area contributed by atoms with E-state index in [-0.39, 0.29) is 0 Å². The molecule has 0 aromatic carbocycles. The molecule has 0 atom stereocenters. The van der Waals surface area contributed by atoms with E-state index in [4.69, 9.17) is 11.6 Å². The Morgan fingerprint density at radius 2 is 2.29 bits per heavy atom. The Kier molecular flexibility index (Phi) is 3.33. The summed E-state index contributed by atoms with van der Waals surface area (Å²) in [5.74, 6) is 0. The Morgan fingerprint density at radius 1 is 1.71 bits per heavy atom. The maximum Gasteiger partial charge on any atom is 0.0582 e. The number of rotatable bonds is 2. The summed E-state index contributed by atoms with van der Waals surface area (Å²) in [5, 5.41) is 0.509. The highest BCUT2D eigenvalue weighted by molar-refractivity contribution is 6.31. The molecule has 7 heavy (non-hydrogen) atoms. The van der Waals surface area contributed by atoms with Crippen molar-refractivity contribution in [2.75, 3.05) is 0 Å². The van der Waals surface area contributed by atoms with E-state index in [0.717, 1.165) is 0 Å². The minimum absolute atomic E-state index is 0.509. The van der Waals surface area contributed by atoms with Gasteiger partial charge in [-0.15, -0.1) is 0 Å². The zero-order valence-corrected chi connectivity index (χ0v) is 4.65. The molecule has 0 aliphatic heterocycles. The fourth-order valence-electron chi connectivity index (χ4n) is 0.140. The third-order valence-electron chi connectivity index (χ3n) is 0.410. The fourth-order valence-corrected chi connectivity index (χ4v) is 0.209. The average molecular weight is 116 g/mol. The van der Waals surface area contributed by atoms with Crippen LogP contribution in [0.2, 0.25) is 0 Å². The zero-order chi connectivity index (χ0) is 5.70. The molecule has 0 aromatic rings. The summed E-state index contributed by atoms with van der Waals surface area (Å²) in [6.07, 6.45) is 2.92. The molecular formula is C5H6ClN. The van der Waals surface area contributed by atoms with Gasteiger partial charge in [-0.1, -0.05) is 18.2 Å². The van der Waals surface area contributed by atoms with E-state index in [1.165, 1.54) is 12.3 Å². The Morgan fingerprint density at radius 3 is 2.43 bits per heavy atom. The molecule has 0 aliphatic rings. The van der Waals surface area contributed by atoms with Crippen LogP contribution in [0, 0.1) is 0 Å². The van der Waals surface area contributed by atoms with Crippen molar-refractivity contribution in [2.24, 2.45) is 4.99 Å². The SMILES string of the molecule is C=C/C(Cl)=C\N=C. The molecule has 0 saturated carbocycles. The molecule has 2 heteroatoms. The van der Waals surface area contributed by atoms with E-state index in [1.54, 1.807) is 0 Å². The Hall–Kier alpha value is -0.560. The zero-order valence-electron chi connectivity index (χ0n) is 3.89. The van der Waals surface area contributed by atoms with Crippen molar-refractivity contribution in [1.82, 2.24) is 0 Å². The van der Waals surface area contributed by atoms with Gasteiger partial charge in [0.2, 0.25) is 0 Å². The molecule has 0 rings (SSSR count). The predicted molar refractivity (Wildman–Crippen MR) is 33.7 cm³/mol. The van der Waals surface area contributed by atoms with E-state index in [9.17, 15) is 0 Å². The minimum atomic E-state index is 0.509. The van der Waals surface area contributed by atoms with Crippen LogP contribution in [-0.4, -0.2) is 6.72 Å². The second-order valence-electron chi connectivity index (χ2n) is 0.901. The molecule has 0 unspecified atom stereocenters. The first-order valence-corrected chi connectivity index (χ1v) is 2.13. The summed E-state index contributed by atoms with van der Waals surface area (Å²) in [6.45, 7) is 6.58. The van der Waals surface area contributed by atoms with Crippen molar-refractivity contribution in [3.05, 3.63) is 23.9 Å². The van der Waals surface area contributed by atoms with E-state index in [1.807, 2.05) is 0 Å². The van der Waals surface area contributed by atoms with Crippen LogP contribution >= 0.6 is 11.6 Å². The van der Waals surface area contributed by atoms with Crippen molar-refractivity contribution in [3.8, 4) is 0 Å². The third kappa shape index (κ3) is 3.27. The molecule has 0 spiro atoms. The van der Waals surface area contributed by atoms with Gasteiger partial charge in [0.25, 0.3) is 0 Å². The van der Waals surface area contributed by atoms with Gasteiger partial charge in [0.1, 0.15) is 0 Å². The van der Waals surface area contributed by atoms with Crippen LogP contribution in [0.3, 0.4) is 0 Å². The maximum absolute atomic E-state index is 5.37. The first-order valence-electron chi connectivity index (χ1n) is 1.75. The number of allylic oxidation sites excluding steroid dienone is 2. The molecule has 0 aliphatic carbocycles. The monoisotopic (exact) mass is 115 g/mol. The molecule has 0 N–H and O–H groups in total. The number of halogens is 1. The van der Waals surface area contributed by atoms with Gasteiger partial charge in [-0.2, -0.15) is 0 Å². The van der Waals surface area contributed by atoms with Crippen molar-refractivity contribution in [3.63, 3.8) is 0 Å². The Labute approximate surface area is 48.0 Å². The second-order valence-corrected chi connectivity index (χ2v) is 1.34. The van der Waals surface area contributed by atoms with Gasteiger partial charge in [-0.3, -0.25) is 4.99 Å². The molecule has 0 amide bonds. The molecule has 0 aromatic heterocycles. The van der Waals surface area contributed by atoms with E-state index in [2.05, 4.69) is 18.3 Å². The molecule has 0 bridgehead atoms. The van der Waals surface area contributed by atoms with Gasteiger partial charge in [0, 0.05) is 6.20 Å². The second kappa shape index (κ2) is 3.62. The van der Waals surface area contributed by atoms with Crippen LogP contribution in [0.15, 0.2) is 28.9 Å². The topological polar surface area (TPSA) is 12.4 Å². The van der Waals surface area contributed by atoms with Crippen molar-refractivity contribution in [2.45, 2.75) is 0 Å². The Bertz CT molecular complexity index is 105. The smallest absolute Gasteiger partial charge is 0.0582 e. The predicted octanol–water partition coefficient (Wildman–Crippen LogP) is 1.95. The van der Waals surface area contributed by atoms with Crippen LogP contribution in [0.1, 0.15) is 0 Å². The lowest BCUT2D eigenvalue weighted by molar-refractivity contribution is 1.60. The molecule has 0 radical (unpaired) electrons. The highest BCUT2D eigenvalue weighted by Crippen LogP contribution is 1.99. The fraction of sp³-hybridized carbons (Fsp3) is 0. The largest absolute Gasteiger partial charge is 0.271 e. The number of aliphatic imine (C=N–C) groups is 1. The number of hydrogen-bond donors (Lipinski definition) is 0. The summed E-state index contributed by atoms with van der Waals surface area (Å²) >= 11 is 5.37. The molecule has 0 heterocycles. The van der Waals surface area contributed by atoms with Crippen LogP contribution in [0.25, 0.3) is 0 Å². The first kappa shape index (κ1) is 6.44. The van der Waals surface area contributed by atoms with Crippen LogP contribution in [0.4, 0.5) is 0 Å². The molecule has 0 fully saturated rings. The number of nitrogens with zero attached hydrogens (tertiary/aromatic N) is 1. The Balaban J connectivity index is 3.72. The first-order chi connectivity index (χ1) is 3.31. The van der Waals surface area contributed by atoms with Crippen molar-refractivity contribution in [1.29, 1.82) is 0 Å². The van der Waals surface area contributed by atoms with Crippen molar-refractivity contribution < 1.29 is 0 Å². The summed E-state index contributed by atoms with van der Waals surface area (Å²) in [7, 11) is 0. The van der Waals surface area contributed by atoms with Gasteiger partial charge >= 0.3 is 0 Å². The van der Waals surface area contributed by atoms with E-state index < -0.39 is 0 Å². The average Bonchev–Trinajstić information content (AvgIpc) is 1.68. The highest BCUT2D eigenvalue weighted by atomic mass is 35.5. The summed E-state index contributed by atoms with van der Waals surface area (Å²) in [4.78, 5) is 3.39. The van der Waals surface area contributed by atoms with Crippen molar-refractivity contribution >= 4 is 18.3 Å². The molecule has 0 saturated heterocycles. The normalized spacial score (nSPS) is 10.7. The van der Waals surface area contributed by atoms with Gasteiger partial charge < -0.3 is 0 Å². The number of hydrogen-bond acceptors (Lipinski definition) is 1. The van der Waals surface area contributed by atoms with Crippen LogP contribution in [-0.2, 0) is 0 Å². The van der Waals surface area contributed by atoms with Gasteiger partial charge in [-0.05, 0) is 12.8 Å². The standard InChI is InChI=1S/C5H6ClN/c1-3-5(6)4-7-2/h3-4H,1-2H2/b5-4+. The summed E-state index contributed by atoms with van der Waals surface area (Å²) in [5.41, 5.74) is 0. The van der Waals surface area contributed by atoms with Gasteiger partial charge in [0.15, 0.2) is 0 Å². The van der Waals surface area contributed by atoms with Gasteiger partial charge in [-0.25, -0.2) is 0 Å². The maximum atomic E-state index is 5.37. The molecule has 1 nitrogen and oxygen atoms in total. The lowest BCUT2D eigenvalue weighted by atomic mass is 10.6. The summed E-state index contributed by atoms with van der Waals surface area (Å²) < 4.78 is 0. The molecule has 38 valence electrons. The third-order valence-corrected chi connectivity index (χ3v) is 0.662. The van der Waals surface area contributed by atoms with E-state index in [0.29, 0.717) is 5.03 Å². The minimum Gasteiger partial charge on any atom is -0.271 e. The quantitative estimate of drug-likeness (QED) is 0.385. The molecular weight excluding hydrogens is 110 g/mol. The van der Waals surface area contributed by atoms with E-state index >= 15 is 0 Å². The van der Waals surface area contributed by atoms with Crippen LogP contribution < -0.4 is 0 Å². The van der Waals surface area contributed by atoms with Crippen LogP contribution in [0.5, 0.6) is 0 Å². The lowest BCUT2D eigenvalue weighted by Gasteiger charge is -1.76. The van der Waals surface area contributed by atoms with Gasteiger partial charge in [0.05, 0.1) is 5.03 Å². The summed E-state index contributed by atoms with van der Waals surface area (Å²) in [6, 6.07) is 0. The lowest BCUT2D eigenvalue weighted by Crippen LogP contribution is -1.54. The highest BCUT2D eigenvalue weighted by Gasteiger charge is 1.73.